The number of carbonyl (C=O) groups is 1. The average Bonchev–Trinajstić information content (AvgIpc) is 3.52. The zero-order valence-electron chi connectivity index (χ0n) is 24.7. The molecule has 232 valence electrons. The normalized spacial score (nSPS) is 11.3. The van der Waals surface area contributed by atoms with Gasteiger partial charge in [0.25, 0.3) is 0 Å². The summed E-state index contributed by atoms with van der Waals surface area (Å²) in [4.78, 5) is 27.1. The van der Waals surface area contributed by atoms with Crippen LogP contribution in [0.15, 0.2) is 91.3 Å². The van der Waals surface area contributed by atoms with Crippen molar-refractivity contribution in [2.75, 3.05) is 23.3 Å². The van der Waals surface area contributed by atoms with E-state index in [0.29, 0.717) is 29.4 Å². The molecule has 0 bridgehead atoms. The SMILES string of the molecule is CCN(CC)c1ccc(-c2cnc(-c3cc(Oc4cccc(CCC(=O)Nc5ccc(Cl)c(C(F)(F)F)c5)c4)ccn3)[nH]2)cc1. The van der Waals surface area contributed by atoms with E-state index in [0.717, 1.165) is 42.0 Å². The molecule has 3 aromatic carbocycles. The van der Waals surface area contributed by atoms with Gasteiger partial charge in [-0.3, -0.25) is 9.78 Å². The third kappa shape index (κ3) is 8.02. The lowest BCUT2D eigenvalue weighted by molar-refractivity contribution is -0.137. The summed E-state index contributed by atoms with van der Waals surface area (Å²) in [5, 5.41) is 2.08. The molecule has 5 rings (SSSR count). The number of nitrogens with one attached hydrogen (secondary N) is 2. The van der Waals surface area contributed by atoms with Crippen LogP contribution in [0.4, 0.5) is 24.5 Å². The molecule has 2 aromatic heterocycles. The predicted octanol–water partition coefficient (Wildman–Crippen LogP) is 9.02. The van der Waals surface area contributed by atoms with Crippen molar-refractivity contribution in [2.45, 2.75) is 32.9 Å². The highest BCUT2D eigenvalue weighted by Crippen LogP contribution is 2.36. The lowest BCUT2D eigenvalue weighted by atomic mass is 10.1. The van der Waals surface area contributed by atoms with E-state index in [2.05, 4.69) is 63.3 Å². The van der Waals surface area contributed by atoms with Crippen LogP contribution in [-0.4, -0.2) is 33.9 Å². The Balaban J connectivity index is 1.20. The fraction of sp³-hybridized carbons (Fsp3) is 0.206. The minimum Gasteiger partial charge on any atom is -0.457 e. The lowest BCUT2D eigenvalue weighted by Crippen LogP contribution is -2.21. The van der Waals surface area contributed by atoms with Gasteiger partial charge >= 0.3 is 6.18 Å². The maximum Gasteiger partial charge on any atom is 0.417 e. The van der Waals surface area contributed by atoms with Gasteiger partial charge in [-0.1, -0.05) is 35.9 Å². The van der Waals surface area contributed by atoms with Crippen LogP contribution in [0.5, 0.6) is 11.5 Å². The molecule has 45 heavy (non-hydrogen) atoms. The Kier molecular flexibility index (Phi) is 9.73. The number of ether oxygens (including phenoxy) is 1. The number of H-pyrrole nitrogens is 1. The van der Waals surface area contributed by atoms with Crippen LogP contribution in [-0.2, 0) is 17.4 Å². The van der Waals surface area contributed by atoms with Crippen molar-refractivity contribution in [3.63, 3.8) is 0 Å². The van der Waals surface area contributed by atoms with E-state index in [1.54, 1.807) is 30.6 Å². The molecule has 0 atom stereocenters. The number of pyridine rings is 1. The van der Waals surface area contributed by atoms with Gasteiger partial charge in [-0.25, -0.2) is 4.98 Å². The van der Waals surface area contributed by atoms with E-state index in [1.165, 1.54) is 11.8 Å². The Hall–Kier alpha value is -4.83. The highest BCUT2D eigenvalue weighted by molar-refractivity contribution is 6.31. The van der Waals surface area contributed by atoms with Crippen molar-refractivity contribution in [3.8, 4) is 34.3 Å². The molecule has 0 aliphatic carbocycles. The number of aromatic nitrogens is 3. The average molecular weight is 634 g/mol. The maximum atomic E-state index is 13.1. The van der Waals surface area contributed by atoms with Crippen molar-refractivity contribution >= 4 is 28.9 Å². The highest BCUT2D eigenvalue weighted by atomic mass is 35.5. The molecular weight excluding hydrogens is 603 g/mol. The van der Waals surface area contributed by atoms with Gasteiger partial charge in [-0.05, 0) is 79.9 Å². The van der Waals surface area contributed by atoms with Gasteiger partial charge in [0.1, 0.15) is 17.2 Å². The molecule has 0 aliphatic rings. The van der Waals surface area contributed by atoms with Crippen LogP contribution in [0.3, 0.4) is 0 Å². The number of anilines is 2. The van der Waals surface area contributed by atoms with Crippen molar-refractivity contribution in [1.82, 2.24) is 15.0 Å². The largest absolute Gasteiger partial charge is 0.457 e. The summed E-state index contributed by atoms with van der Waals surface area (Å²) < 4.78 is 45.5. The molecule has 0 saturated heterocycles. The van der Waals surface area contributed by atoms with Crippen molar-refractivity contribution in [3.05, 3.63) is 107 Å². The fourth-order valence-electron chi connectivity index (χ4n) is 4.84. The van der Waals surface area contributed by atoms with E-state index >= 15 is 0 Å². The number of amides is 1. The van der Waals surface area contributed by atoms with Gasteiger partial charge in [-0.2, -0.15) is 13.2 Å². The van der Waals surface area contributed by atoms with Crippen molar-refractivity contribution in [1.29, 1.82) is 0 Å². The van der Waals surface area contributed by atoms with E-state index in [-0.39, 0.29) is 12.1 Å². The number of hydrogen-bond acceptors (Lipinski definition) is 5. The zero-order chi connectivity index (χ0) is 32.0. The van der Waals surface area contributed by atoms with Gasteiger partial charge in [0.15, 0.2) is 5.82 Å². The second-order valence-corrected chi connectivity index (χ2v) is 10.6. The summed E-state index contributed by atoms with van der Waals surface area (Å²) in [7, 11) is 0. The number of hydrogen-bond donors (Lipinski definition) is 2. The third-order valence-corrected chi connectivity index (χ3v) is 7.52. The van der Waals surface area contributed by atoms with E-state index in [4.69, 9.17) is 16.3 Å². The first kappa shape index (κ1) is 31.6. The fourth-order valence-corrected chi connectivity index (χ4v) is 5.07. The number of halogens is 4. The maximum absolute atomic E-state index is 13.1. The molecule has 7 nitrogen and oxygen atoms in total. The van der Waals surface area contributed by atoms with E-state index in [1.807, 2.05) is 18.2 Å². The first-order valence-corrected chi connectivity index (χ1v) is 14.8. The Labute approximate surface area is 264 Å². The number of nitrogens with zero attached hydrogens (tertiary/aromatic N) is 3. The Morgan fingerprint density at radius 3 is 2.44 bits per heavy atom. The van der Waals surface area contributed by atoms with Crippen molar-refractivity contribution in [2.24, 2.45) is 0 Å². The number of imidazole rings is 1. The van der Waals surface area contributed by atoms with Gasteiger partial charge in [0.05, 0.1) is 22.5 Å². The van der Waals surface area contributed by atoms with Gasteiger partial charge < -0.3 is 19.9 Å². The van der Waals surface area contributed by atoms with Crippen LogP contribution in [0.1, 0.15) is 31.4 Å². The van der Waals surface area contributed by atoms with Gasteiger partial charge in [0, 0.05) is 43.1 Å². The first-order valence-electron chi connectivity index (χ1n) is 14.4. The number of carbonyl (C=O) groups excluding carboxylic acids is 1. The molecule has 1 amide bonds. The van der Waals surface area contributed by atoms with Crippen LogP contribution in [0.25, 0.3) is 22.8 Å². The quantitative estimate of drug-likeness (QED) is 0.152. The molecule has 11 heteroatoms. The molecule has 0 aliphatic heterocycles. The molecule has 0 spiro atoms. The highest BCUT2D eigenvalue weighted by Gasteiger charge is 2.33. The smallest absolute Gasteiger partial charge is 0.417 e. The van der Waals surface area contributed by atoms with Crippen LogP contribution in [0, 0.1) is 0 Å². The van der Waals surface area contributed by atoms with Gasteiger partial charge in [-0.15, -0.1) is 0 Å². The number of aryl methyl sites for hydroxylation is 1. The van der Waals surface area contributed by atoms with Crippen molar-refractivity contribution < 1.29 is 22.7 Å². The first-order chi connectivity index (χ1) is 21.6. The number of aromatic amines is 1. The predicted molar refractivity (Wildman–Crippen MR) is 171 cm³/mol. The van der Waals surface area contributed by atoms with Crippen LogP contribution in [0.2, 0.25) is 5.02 Å². The topological polar surface area (TPSA) is 83.1 Å². The Bertz CT molecular complexity index is 1770. The molecule has 5 aromatic rings. The summed E-state index contributed by atoms with van der Waals surface area (Å²) >= 11 is 5.66. The molecular formula is C34H31ClF3N5O2. The minimum atomic E-state index is -4.62. The molecule has 0 saturated carbocycles. The summed E-state index contributed by atoms with van der Waals surface area (Å²) in [6, 6.07) is 22.4. The number of alkyl halides is 3. The monoisotopic (exact) mass is 633 g/mol. The third-order valence-electron chi connectivity index (χ3n) is 7.19. The zero-order valence-corrected chi connectivity index (χ0v) is 25.4. The second kappa shape index (κ2) is 13.9. The molecule has 2 N–H and O–H groups in total. The van der Waals surface area contributed by atoms with Gasteiger partial charge in [0.2, 0.25) is 5.91 Å². The number of benzene rings is 3. The molecule has 2 heterocycles. The second-order valence-electron chi connectivity index (χ2n) is 10.2. The Morgan fingerprint density at radius 1 is 0.956 bits per heavy atom. The summed E-state index contributed by atoms with van der Waals surface area (Å²) in [5.41, 5.74) is 3.52. The van der Waals surface area contributed by atoms with Crippen LogP contribution < -0.4 is 15.0 Å². The van der Waals surface area contributed by atoms with E-state index in [9.17, 15) is 18.0 Å². The minimum absolute atomic E-state index is 0.0270. The summed E-state index contributed by atoms with van der Waals surface area (Å²) in [6.07, 6.45) is -0.784. The van der Waals surface area contributed by atoms with Crippen LogP contribution >= 0.6 is 11.6 Å². The Morgan fingerprint density at radius 2 is 1.71 bits per heavy atom. The summed E-state index contributed by atoms with van der Waals surface area (Å²) in [5.74, 6) is 1.30. The standard InChI is InChI=1S/C34H31ClF3N5O2/c1-3-43(4-2)25-12-9-23(10-13-25)31-21-40-33(42-31)30-20-27(16-17-39-30)45-26-7-5-6-22(18-26)8-15-32(44)41-24-11-14-29(35)28(19-24)34(36,37)38/h5-7,9-14,16-21H,3-4,8,15H2,1-2H3,(H,40,42)(H,41,44). The molecule has 0 radical (unpaired) electrons. The molecule has 0 unspecified atom stereocenters. The summed E-state index contributed by atoms with van der Waals surface area (Å²) in [6.45, 7) is 6.15. The molecule has 0 fully saturated rings. The lowest BCUT2D eigenvalue weighted by Gasteiger charge is -2.21. The number of rotatable bonds is 11. The van der Waals surface area contributed by atoms with E-state index < -0.39 is 22.7 Å².